The van der Waals surface area contributed by atoms with Gasteiger partial charge in [0.1, 0.15) is 11.0 Å². The zero-order valence-corrected chi connectivity index (χ0v) is 21.4. The fourth-order valence-electron chi connectivity index (χ4n) is 4.88. The Labute approximate surface area is 220 Å². The average molecular weight is 520 g/mol. The maximum absolute atomic E-state index is 12.6. The SMILES string of the molecule is CCn1c(-c2nonc2N)nc2c(-c3cccc(NC(=O)NC4CCCCC4)c3)ncc(OCCCN)c21. The first-order valence-electron chi connectivity index (χ1n) is 13.1. The molecule has 38 heavy (non-hydrogen) atoms. The molecule has 5 rings (SSSR count). The molecule has 2 amide bonds. The molecule has 6 N–H and O–H groups in total. The van der Waals surface area contributed by atoms with E-state index in [1.165, 1.54) is 6.42 Å². The molecule has 12 heteroatoms. The van der Waals surface area contributed by atoms with Crippen molar-refractivity contribution in [2.45, 2.75) is 58.0 Å². The average Bonchev–Trinajstić information content (AvgIpc) is 3.52. The van der Waals surface area contributed by atoms with Gasteiger partial charge in [0.2, 0.25) is 0 Å². The van der Waals surface area contributed by atoms with Gasteiger partial charge in [0, 0.05) is 23.8 Å². The molecule has 0 spiro atoms. The quantitative estimate of drug-likeness (QED) is 0.239. The number of benzene rings is 1. The van der Waals surface area contributed by atoms with Crippen LogP contribution in [0.1, 0.15) is 45.4 Å². The van der Waals surface area contributed by atoms with Crippen LogP contribution in [0.15, 0.2) is 35.1 Å². The van der Waals surface area contributed by atoms with Gasteiger partial charge in [-0.2, -0.15) is 0 Å². The third-order valence-electron chi connectivity index (χ3n) is 6.72. The first-order chi connectivity index (χ1) is 18.6. The summed E-state index contributed by atoms with van der Waals surface area (Å²) in [5.41, 5.74) is 15.5. The monoisotopic (exact) mass is 519 g/mol. The van der Waals surface area contributed by atoms with E-state index in [1.54, 1.807) is 6.20 Å². The van der Waals surface area contributed by atoms with Crippen LogP contribution in [0.25, 0.3) is 33.8 Å². The number of anilines is 2. The predicted octanol–water partition coefficient (Wildman–Crippen LogP) is 3.93. The van der Waals surface area contributed by atoms with E-state index in [0.717, 1.165) is 36.8 Å². The number of aryl methyl sites for hydroxylation is 1. The Morgan fingerprint density at radius 2 is 2.05 bits per heavy atom. The van der Waals surface area contributed by atoms with Crippen molar-refractivity contribution in [2.24, 2.45) is 5.73 Å². The highest BCUT2D eigenvalue weighted by Gasteiger charge is 2.24. The molecule has 0 unspecified atom stereocenters. The fourth-order valence-corrected chi connectivity index (χ4v) is 4.88. The molecule has 0 radical (unpaired) electrons. The largest absolute Gasteiger partial charge is 0.490 e. The molecule has 12 nitrogen and oxygen atoms in total. The number of imidazole rings is 1. The zero-order valence-electron chi connectivity index (χ0n) is 21.4. The summed E-state index contributed by atoms with van der Waals surface area (Å²) in [6, 6.07) is 7.55. The smallest absolute Gasteiger partial charge is 0.319 e. The van der Waals surface area contributed by atoms with Crippen molar-refractivity contribution >= 4 is 28.6 Å². The van der Waals surface area contributed by atoms with Gasteiger partial charge in [0.25, 0.3) is 0 Å². The van der Waals surface area contributed by atoms with E-state index in [-0.39, 0.29) is 17.9 Å². The second-order valence-electron chi connectivity index (χ2n) is 9.35. The Hall–Kier alpha value is -4.19. The molecule has 1 aromatic carbocycles. The summed E-state index contributed by atoms with van der Waals surface area (Å²) in [7, 11) is 0. The van der Waals surface area contributed by atoms with Crippen molar-refractivity contribution in [2.75, 3.05) is 24.2 Å². The number of nitrogens with zero attached hydrogens (tertiary/aromatic N) is 5. The zero-order chi connectivity index (χ0) is 26.5. The van der Waals surface area contributed by atoms with Gasteiger partial charge in [0.05, 0.1) is 18.5 Å². The third-order valence-corrected chi connectivity index (χ3v) is 6.72. The van der Waals surface area contributed by atoms with Gasteiger partial charge >= 0.3 is 6.03 Å². The van der Waals surface area contributed by atoms with Gasteiger partial charge < -0.3 is 31.4 Å². The van der Waals surface area contributed by atoms with E-state index in [4.69, 9.17) is 30.8 Å². The molecule has 4 aromatic rings. The maximum atomic E-state index is 12.6. The molecule has 1 fully saturated rings. The lowest BCUT2D eigenvalue weighted by Gasteiger charge is -2.22. The van der Waals surface area contributed by atoms with Crippen LogP contribution in [-0.2, 0) is 6.54 Å². The van der Waals surface area contributed by atoms with Crippen LogP contribution < -0.4 is 26.8 Å². The minimum Gasteiger partial charge on any atom is -0.490 e. The van der Waals surface area contributed by atoms with E-state index in [1.807, 2.05) is 35.8 Å². The number of nitrogens with two attached hydrogens (primary N) is 2. The van der Waals surface area contributed by atoms with E-state index >= 15 is 0 Å². The molecule has 200 valence electrons. The van der Waals surface area contributed by atoms with Gasteiger partial charge in [-0.15, -0.1) is 0 Å². The number of aromatic nitrogens is 5. The number of nitrogen functional groups attached to an aromatic ring is 1. The predicted molar refractivity (Wildman–Crippen MR) is 145 cm³/mol. The minimum absolute atomic E-state index is 0.144. The van der Waals surface area contributed by atoms with Crippen molar-refractivity contribution in [3.63, 3.8) is 0 Å². The lowest BCUT2D eigenvalue weighted by molar-refractivity contribution is 0.244. The molecule has 3 aromatic heterocycles. The standard InChI is InChI=1S/C26H33N9O3/c1-2-35-23-19(37-13-7-12-27)15-29-20(21(23)32-25(35)22-24(28)34-38-33-22)16-8-6-11-18(14-16)31-26(36)30-17-9-4-3-5-10-17/h6,8,11,14-15,17H,2-5,7,9-10,12-13,27H2,1H3,(H2,28,34)(H2,30,31,36). The molecular formula is C26H33N9O3. The Kier molecular flexibility index (Phi) is 7.68. The summed E-state index contributed by atoms with van der Waals surface area (Å²) < 4.78 is 12.8. The number of rotatable bonds is 9. The highest BCUT2D eigenvalue weighted by Crippen LogP contribution is 2.37. The number of urea groups is 1. The first kappa shape index (κ1) is 25.5. The normalized spacial score (nSPS) is 14.1. The number of amides is 2. The molecule has 1 aliphatic carbocycles. The highest BCUT2D eigenvalue weighted by molar-refractivity contribution is 5.97. The second kappa shape index (κ2) is 11.5. The summed E-state index contributed by atoms with van der Waals surface area (Å²) in [5, 5.41) is 13.7. The third kappa shape index (κ3) is 5.25. The number of hydrogen-bond acceptors (Lipinski definition) is 9. The van der Waals surface area contributed by atoms with Crippen LogP contribution in [0.4, 0.5) is 16.3 Å². The fraction of sp³-hybridized carbons (Fsp3) is 0.423. The summed E-state index contributed by atoms with van der Waals surface area (Å²) in [5.74, 6) is 1.22. The lowest BCUT2D eigenvalue weighted by atomic mass is 9.96. The number of fused-ring (bicyclic) bond motifs is 1. The van der Waals surface area contributed by atoms with Crippen molar-refractivity contribution < 1.29 is 14.2 Å². The van der Waals surface area contributed by atoms with E-state index in [9.17, 15) is 4.79 Å². The molecule has 0 atom stereocenters. The number of carbonyl (C=O) groups excluding carboxylic acids is 1. The molecule has 3 heterocycles. The van der Waals surface area contributed by atoms with Crippen molar-refractivity contribution in [1.82, 2.24) is 30.2 Å². The molecular weight excluding hydrogens is 486 g/mol. The summed E-state index contributed by atoms with van der Waals surface area (Å²) in [4.78, 5) is 22.2. The Morgan fingerprint density at radius 3 is 2.79 bits per heavy atom. The van der Waals surface area contributed by atoms with Crippen LogP contribution in [0.3, 0.4) is 0 Å². The van der Waals surface area contributed by atoms with Crippen LogP contribution in [-0.4, -0.2) is 50.1 Å². The molecule has 0 bridgehead atoms. The lowest BCUT2D eigenvalue weighted by Crippen LogP contribution is -2.39. The van der Waals surface area contributed by atoms with Crippen molar-refractivity contribution in [3.8, 4) is 28.5 Å². The minimum atomic E-state index is -0.206. The van der Waals surface area contributed by atoms with Crippen molar-refractivity contribution in [1.29, 1.82) is 0 Å². The van der Waals surface area contributed by atoms with Crippen LogP contribution in [0.2, 0.25) is 0 Å². The number of ether oxygens (including phenoxy) is 1. The van der Waals surface area contributed by atoms with Crippen LogP contribution >= 0.6 is 0 Å². The Balaban J connectivity index is 1.52. The summed E-state index contributed by atoms with van der Waals surface area (Å²) >= 11 is 0. The second-order valence-corrected chi connectivity index (χ2v) is 9.35. The van der Waals surface area contributed by atoms with E-state index < -0.39 is 0 Å². The maximum Gasteiger partial charge on any atom is 0.319 e. The van der Waals surface area contributed by atoms with Crippen LogP contribution in [0, 0.1) is 0 Å². The van der Waals surface area contributed by atoms with Crippen molar-refractivity contribution in [3.05, 3.63) is 30.5 Å². The number of hydrogen-bond donors (Lipinski definition) is 4. The molecule has 1 saturated carbocycles. The Bertz CT molecular complexity index is 1410. The number of pyridine rings is 1. The van der Waals surface area contributed by atoms with Gasteiger partial charge in [-0.05, 0) is 55.2 Å². The highest BCUT2D eigenvalue weighted by atomic mass is 16.6. The van der Waals surface area contributed by atoms with E-state index in [2.05, 4.69) is 20.9 Å². The first-order valence-corrected chi connectivity index (χ1v) is 13.1. The topological polar surface area (TPSA) is 172 Å². The molecule has 1 aliphatic rings. The summed E-state index contributed by atoms with van der Waals surface area (Å²) in [6.07, 6.45) is 7.95. The van der Waals surface area contributed by atoms with E-state index in [0.29, 0.717) is 60.3 Å². The van der Waals surface area contributed by atoms with Gasteiger partial charge in [-0.3, -0.25) is 0 Å². The molecule has 0 saturated heterocycles. The van der Waals surface area contributed by atoms with Crippen LogP contribution in [0.5, 0.6) is 5.75 Å². The van der Waals surface area contributed by atoms with Gasteiger partial charge in [0.15, 0.2) is 23.1 Å². The summed E-state index contributed by atoms with van der Waals surface area (Å²) in [6.45, 7) is 3.52. The number of nitrogens with one attached hydrogen (secondary N) is 2. The van der Waals surface area contributed by atoms with Gasteiger partial charge in [-0.25, -0.2) is 19.4 Å². The van der Waals surface area contributed by atoms with Gasteiger partial charge in [-0.1, -0.05) is 31.4 Å². The Morgan fingerprint density at radius 1 is 1.21 bits per heavy atom. The number of carbonyl (C=O) groups is 1. The molecule has 0 aliphatic heterocycles.